The Balaban J connectivity index is 1.90. The van der Waals surface area contributed by atoms with E-state index in [0.717, 1.165) is 16.5 Å². The third-order valence-electron chi connectivity index (χ3n) is 3.20. The molecule has 0 unspecified atom stereocenters. The van der Waals surface area contributed by atoms with Gasteiger partial charge in [-0.15, -0.1) is 11.3 Å². The Morgan fingerprint density at radius 2 is 1.90 bits per heavy atom. The number of thiophene rings is 1. The van der Waals surface area contributed by atoms with Crippen molar-refractivity contribution in [2.45, 2.75) is 13.2 Å². The van der Waals surface area contributed by atoms with Crippen LogP contribution in [0.5, 0.6) is 5.75 Å². The number of hydrogen-bond acceptors (Lipinski definition) is 3. The predicted octanol–water partition coefficient (Wildman–Crippen LogP) is 4.08. The highest BCUT2D eigenvalue weighted by Crippen LogP contribution is 2.30. The molecule has 0 atom stereocenters. The second kappa shape index (κ2) is 5.61. The van der Waals surface area contributed by atoms with Crippen LogP contribution >= 0.6 is 11.3 Å². The Morgan fingerprint density at radius 3 is 2.70 bits per heavy atom. The number of hydrogen-bond donors (Lipinski definition) is 1. The summed E-state index contributed by atoms with van der Waals surface area (Å²) in [5.74, 6) is -0.0665. The molecule has 0 bridgehead atoms. The maximum Gasteiger partial charge on any atom is 0.165 e. The number of benzene rings is 2. The predicted molar refractivity (Wildman–Crippen MR) is 80.4 cm³/mol. The molecule has 0 aliphatic heterocycles. The van der Waals surface area contributed by atoms with Crippen LogP contribution in [-0.4, -0.2) is 0 Å². The molecule has 3 aromatic rings. The number of fused-ring (bicyclic) bond motifs is 1. The van der Waals surface area contributed by atoms with Crippen LogP contribution in [0.25, 0.3) is 10.1 Å². The Kier molecular flexibility index (Phi) is 3.67. The molecule has 0 aliphatic rings. The van der Waals surface area contributed by atoms with Gasteiger partial charge in [0.1, 0.15) is 6.61 Å². The lowest BCUT2D eigenvalue weighted by molar-refractivity contribution is 0.292. The Bertz CT molecular complexity index is 738. The number of rotatable bonds is 4. The van der Waals surface area contributed by atoms with Crippen LogP contribution in [0.1, 0.15) is 11.1 Å². The first-order chi connectivity index (χ1) is 9.79. The molecule has 0 spiro atoms. The zero-order valence-electron chi connectivity index (χ0n) is 10.8. The Hall–Kier alpha value is -1.91. The molecule has 0 saturated carbocycles. The highest BCUT2D eigenvalue weighted by atomic mass is 32.1. The van der Waals surface area contributed by atoms with Crippen LogP contribution in [0.4, 0.5) is 4.39 Å². The standard InChI is InChI=1S/C16H14FNOS/c17-13-5-1-2-6-14(13)19-9-12-10-20-15-7-3-4-11(8-18)16(12)15/h1-7,10H,8-9,18H2. The van der Waals surface area contributed by atoms with Crippen molar-refractivity contribution in [2.24, 2.45) is 5.73 Å². The summed E-state index contributed by atoms with van der Waals surface area (Å²) in [7, 11) is 0. The van der Waals surface area contributed by atoms with Crippen LogP contribution in [0.15, 0.2) is 47.8 Å². The molecule has 2 N–H and O–H groups in total. The molecule has 4 heteroatoms. The lowest BCUT2D eigenvalue weighted by Gasteiger charge is -2.08. The van der Waals surface area contributed by atoms with Crippen molar-refractivity contribution in [3.05, 3.63) is 64.8 Å². The first-order valence-electron chi connectivity index (χ1n) is 6.35. The molecule has 0 saturated heterocycles. The molecule has 2 nitrogen and oxygen atoms in total. The lowest BCUT2D eigenvalue weighted by Crippen LogP contribution is -2.00. The van der Waals surface area contributed by atoms with Crippen molar-refractivity contribution in [2.75, 3.05) is 0 Å². The Labute approximate surface area is 120 Å². The van der Waals surface area contributed by atoms with E-state index in [1.54, 1.807) is 29.5 Å². The average molecular weight is 287 g/mol. The van der Waals surface area contributed by atoms with E-state index in [9.17, 15) is 4.39 Å². The van der Waals surface area contributed by atoms with E-state index in [-0.39, 0.29) is 11.6 Å². The summed E-state index contributed by atoms with van der Waals surface area (Å²) in [6, 6.07) is 12.5. The minimum Gasteiger partial charge on any atom is -0.486 e. The van der Waals surface area contributed by atoms with Gasteiger partial charge in [0.25, 0.3) is 0 Å². The smallest absolute Gasteiger partial charge is 0.165 e. The summed E-state index contributed by atoms with van der Waals surface area (Å²) < 4.78 is 20.3. The van der Waals surface area contributed by atoms with E-state index in [1.807, 2.05) is 17.5 Å². The minimum absolute atomic E-state index is 0.275. The fourth-order valence-electron chi connectivity index (χ4n) is 2.23. The highest BCUT2D eigenvalue weighted by molar-refractivity contribution is 7.17. The molecule has 2 aromatic carbocycles. The van der Waals surface area contributed by atoms with E-state index >= 15 is 0 Å². The third kappa shape index (κ3) is 2.40. The first kappa shape index (κ1) is 13.1. The van der Waals surface area contributed by atoms with Gasteiger partial charge in [0.15, 0.2) is 11.6 Å². The van der Waals surface area contributed by atoms with E-state index in [4.69, 9.17) is 10.5 Å². The SMILES string of the molecule is NCc1cccc2scc(COc3ccccc3F)c12. The van der Waals surface area contributed by atoms with Gasteiger partial charge in [0, 0.05) is 22.2 Å². The van der Waals surface area contributed by atoms with Crippen molar-refractivity contribution in [1.82, 2.24) is 0 Å². The van der Waals surface area contributed by atoms with Gasteiger partial charge in [0.2, 0.25) is 0 Å². The summed E-state index contributed by atoms with van der Waals surface area (Å²) in [4.78, 5) is 0. The maximum atomic E-state index is 13.5. The van der Waals surface area contributed by atoms with Gasteiger partial charge in [0.05, 0.1) is 0 Å². The zero-order valence-corrected chi connectivity index (χ0v) is 11.6. The van der Waals surface area contributed by atoms with Gasteiger partial charge in [-0.1, -0.05) is 24.3 Å². The monoisotopic (exact) mass is 287 g/mol. The summed E-state index contributed by atoms with van der Waals surface area (Å²) >= 11 is 1.65. The van der Waals surface area contributed by atoms with E-state index in [2.05, 4.69) is 6.07 Å². The number of nitrogens with two attached hydrogens (primary N) is 1. The number of halogens is 1. The fraction of sp³-hybridized carbons (Fsp3) is 0.125. The average Bonchev–Trinajstić information content (AvgIpc) is 2.90. The number of para-hydroxylation sites is 1. The summed E-state index contributed by atoms with van der Waals surface area (Å²) in [6.45, 7) is 0.832. The molecule has 3 rings (SSSR count). The summed E-state index contributed by atoms with van der Waals surface area (Å²) in [5, 5.41) is 3.18. The summed E-state index contributed by atoms with van der Waals surface area (Å²) in [6.07, 6.45) is 0. The molecule has 1 heterocycles. The molecule has 0 aliphatic carbocycles. The largest absolute Gasteiger partial charge is 0.486 e. The van der Waals surface area contributed by atoms with Crippen LogP contribution in [0, 0.1) is 5.82 Å². The van der Waals surface area contributed by atoms with E-state index < -0.39 is 0 Å². The van der Waals surface area contributed by atoms with Gasteiger partial charge in [-0.3, -0.25) is 0 Å². The van der Waals surface area contributed by atoms with Crippen LogP contribution in [0.3, 0.4) is 0 Å². The molecule has 20 heavy (non-hydrogen) atoms. The zero-order chi connectivity index (χ0) is 13.9. The Morgan fingerprint density at radius 1 is 1.05 bits per heavy atom. The van der Waals surface area contributed by atoms with E-state index in [0.29, 0.717) is 13.2 Å². The second-order valence-corrected chi connectivity index (χ2v) is 5.39. The molecular formula is C16H14FNOS. The molecule has 0 fully saturated rings. The lowest BCUT2D eigenvalue weighted by atomic mass is 10.1. The van der Waals surface area contributed by atoms with Crippen molar-refractivity contribution >= 4 is 21.4 Å². The topological polar surface area (TPSA) is 35.2 Å². The fourth-order valence-corrected chi connectivity index (χ4v) is 3.22. The quantitative estimate of drug-likeness (QED) is 0.784. The first-order valence-corrected chi connectivity index (χ1v) is 7.23. The van der Waals surface area contributed by atoms with Crippen LogP contribution < -0.4 is 10.5 Å². The molecule has 0 amide bonds. The second-order valence-electron chi connectivity index (χ2n) is 4.47. The third-order valence-corrected chi connectivity index (χ3v) is 4.20. The van der Waals surface area contributed by atoms with Crippen molar-refractivity contribution < 1.29 is 9.13 Å². The molecule has 0 radical (unpaired) electrons. The van der Waals surface area contributed by atoms with Gasteiger partial charge in [-0.2, -0.15) is 0 Å². The van der Waals surface area contributed by atoms with E-state index in [1.165, 1.54) is 10.8 Å². The van der Waals surface area contributed by atoms with Crippen molar-refractivity contribution in [3.8, 4) is 5.75 Å². The maximum absolute atomic E-state index is 13.5. The number of ether oxygens (including phenoxy) is 1. The molecule has 1 aromatic heterocycles. The van der Waals surface area contributed by atoms with Gasteiger partial charge in [-0.05, 0) is 29.1 Å². The van der Waals surface area contributed by atoms with Crippen molar-refractivity contribution in [3.63, 3.8) is 0 Å². The minimum atomic E-state index is -0.342. The molecule has 102 valence electrons. The highest BCUT2D eigenvalue weighted by Gasteiger charge is 2.09. The van der Waals surface area contributed by atoms with Crippen LogP contribution in [0.2, 0.25) is 0 Å². The summed E-state index contributed by atoms with van der Waals surface area (Å²) in [5.41, 5.74) is 7.92. The van der Waals surface area contributed by atoms with Crippen molar-refractivity contribution in [1.29, 1.82) is 0 Å². The molecular weight excluding hydrogens is 273 g/mol. The normalized spacial score (nSPS) is 10.9. The van der Waals surface area contributed by atoms with Gasteiger partial charge < -0.3 is 10.5 Å². The van der Waals surface area contributed by atoms with Gasteiger partial charge in [-0.25, -0.2) is 4.39 Å². The van der Waals surface area contributed by atoms with Crippen LogP contribution in [-0.2, 0) is 13.2 Å². The van der Waals surface area contributed by atoms with Gasteiger partial charge >= 0.3 is 0 Å².